The second-order valence-corrected chi connectivity index (χ2v) is 6.02. The summed E-state index contributed by atoms with van der Waals surface area (Å²) in [4.78, 5) is 17.2. The van der Waals surface area contributed by atoms with Crippen LogP contribution in [0.1, 0.15) is 25.6 Å². The highest BCUT2D eigenvalue weighted by Crippen LogP contribution is 2.20. The van der Waals surface area contributed by atoms with Crippen molar-refractivity contribution in [1.82, 2.24) is 9.55 Å². The fourth-order valence-corrected chi connectivity index (χ4v) is 2.98. The third-order valence-electron chi connectivity index (χ3n) is 3.59. The van der Waals surface area contributed by atoms with Gasteiger partial charge < -0.3 is 0 Å². The molecular weight excluding hydrogens is 292 g/mol. The Labute approximate surface area is 114 Å². The summed E-state index contributed by atoms with van der Waals surface area (Å²) in [6.45, 7) is 3.00. The van der Waals surface area contributed by atoms with E-state index in [-0.39, 0.29) is 5.56 Å². The topological polar surface area (TPSA) is 34.9 Å². The number of halogens is 1. The fourth-order valence-electron chi connectivity index (χ4n) is 2.63. The third kappa shape index (κ3) is 1.99. The zero-order valence-corrected chi connectivity index (χ0v) is 11.9. The monoisotopic (exact) mass is 306 g/mol. The minimum atomic E-state index is 0.108. The van der Waals surface area contributed by atoms with E-state index in [4.69, 9.17) is 0 Å². The van der Waals surface area contributed by atoms with E-state index in [1.807, 2.05) is 22.8 Å². The Bertz CT molecular complexity index is 663. The third-order valence-corrected chi connectivity index (χ3v) is 4.08. The van der Waals surface area contributed by atoms with Crippen molar-refractivity contribution < 1.29 is 0 Å². The molecule has 1 atom stereocenters. The Morgan fingerprint density at radius 3 is 3.11 bits per heavy atom. The molecule has 2 heterocycles. The SMILES string of the molecule is CC1CCCc2nc3cc(Br)ccc3c(=O)n2C1. The maximum atomic E-state index is 12.5. The number of benzene rings is 1. The van der Waals surface area contributed by atoms with Crippen LogP contribution in [0, 0.1) is 5.92 Å². The number of aromatic nitrogens is 2. The summed E-state index contributed by atoms with van der Waals surface area (Å²) in [7, 11) is 0. The normalized spacial score (nSPS) is 19.6. The van der Waals surface area contributed by atoms with Gasteiger partial charge in [-0.25, -0.2) is 4.98 Å². The molecule has 0 radical (unpaired) electrons. The molecule has 0 bridgehead atoms. The van der Waals surface area contributed by atoms with Crippen molar-refractivity contribution in [3.05, 3.63) is 38.9 Å². The van der Waals surface area contributed by atoms with Crippen molar-refractivity contribution in [1.29, 1.82) is 0 Å². The van der Waals surface area contributed by atoms with E-state index in [0.717, 1.165) is 40.6 Å². The molecule has 0 aliphatic carbocycles. The van der Waals surface area contributed by atoms with Crippen LogP contribution in [0.25, 0.3) is 10.9 Å². The van der Waals surface area contributed by atoms with Crippen LogP contribution >= 0.6 is 15.9 Å². The van der Waals surface area contributed by atoms with E-state index in [0.29, 0.717) is 5.92 Å². The molecule has 94 valence electrons. The first kappa shape index (κ1) is 11.9. The molecule has 4 heteroatoms. The molecule has 1 unspecified atom stereocenters. The minimum absolute atomic E-state index is 0.108. The van der Waals surface area contributed by atoms with Gasteiger partial charge in [0, 0.05) is 17.4 Å². The van der Waals surface area contributed by atoms with E-state index in [1.54, 1.807) is 0 Å². The van der Waals surface area contributed by atoms with Gasteiger partial charge in [-0.3, -0.25) is 9.36 Å². The zero-order valence-electron chi connectivity index (χ0n) is 10.3. The summed E-state index contributed by atoms with van der Waals surface area (Å²) in [5.41, 5.74) is 0.909. The van der Waals surface area contributed by atoms with Crippen molar-refractivity contribution in [2.45, 2.75) is 32.7 Å². The predicted octanol–water partition coefficient (Wildman–Crippen LogP) is 3.13. The van der Waals surface area contributed by atoms with Gasteiger partial charge in [-0.15, -0.1) is 0 Å². The number of rotatable bonds is 0. The van der Waals surface area contributed by atoms with Crippen LogP contribution in [0.5, 0.6) is 0 Å². The first-order chi connectivity index (χ1) is 8.65. The van der Waals surface area contributed by atoms with Crippen molar-refractivity contribution in [3.8, 4) is 0 Å². The van der Waals surface area contributed by atoms with E-state index in [1.165, 1.54) is 6.42 Å². The van der Waals surface area contributed by atoms with Crippen LogP contribution in [0.4, 0.5) is 0 Å². The van der Waals surface area contributed by atoms with Crippen molar-refractivity contribution in [2.24, 2.45) is 5.92 Å². The second kappa shape index (κ2) is 4.50. The quantitative estimate of drug-likeness (QED) is 0.749. The van der Waals surface area contributed by atoms with Crippen molar-refractivity contribution in [3.63, 3.8) is 0 Å². The lowest BCUT2D eigenvalue weighted by Crippen LogP contribution is -2.26. The first-order valence-corrected chi connectivity index (χ1v) is 7.13. The summed E-state index contributed by atoms with van der Waals surface area (Å²) < 4.78 is 2.84. The molecule has 3 nitrogen and oxygen atoms in total. The molecule has 3 rings (SSSR count). The number of hydrogen-bond acceptors (Lipinski definition) is 2. The van der Waals surface area contributed by atoms with Gasteiger partial charge in [-0.05, 0) is 37.0 Å². The van der Waals surface area contributed by atoms with Gasteiger partial charge >= 0.3 is 0 Å². The van der Waals surface area contributed by atoms with Gasteiger partial charge in [-0.2, -0.15) is 0 Å². The standard InChI is InChI=1S/C14H15BrN2O/c1-9-3-2-4-13-16-12-7-10(15)5-6-11(12)14(18)17(13)8-9/h5-7,9H,2-4,8H2,1H3. The molecule has 0 N–H and O–H groups in total. The Morgan fingerprint density at radius 1 is 1.44 bits per heavy atom. The average molecular weight is 307 g/mol. The van der Waals surface area contributed by atoms with Gasteiger partial charge in [0.2, 0.25) is 0 Å². The summed E-state index contributed by atoms with van der Waals surface area (Å²) in [5, 5.41) is 0.719. The van der Waals surface area contributed by atoms with Crippen LogP contribution in [0.2, 0.25) is 0 Å². The highest BCUT2D eigenvalue weighted by molar-refractivity contribution is 9.10. The molecule has 1 aromatic carbocycles. The Hall–Kier alpha value is -1.16. The molecule has 0 amide bonds. The van der Waals surface area contributed by atoms with Gasteiger partial charge in [0.05, 0.1) is 10.9 Å². The lowest BCUT2D eigenvalue weighted by Gasteiger charge is -2.12. The van der Waals surface area contributed by atoms with Gasteiger partial charge in [0.15, 0.2) is 0 Å². The molecule has 0 fully saturated rings. The highest BCUT2D eigenvalue weighted by atomic mass is 79.9. The van der Waals surface area contributed by atoms with Crippen LogP contribution in [-0.2, 0) is 13.0 Å². The largest absolute Gasteiger partial charge is 0.296 e. The smallest absolute Gasteiger partial charge is 0.261 e. The van der Waals surface area contributed by atoms with Gasteiger partial charge in [-0.1, -0.05) is 22.9 Å². The Balaban J connectivity index is 2.29. The molecule has 1 aromatic heterocycles. The average Bonchev–Trinajstić information content (AvgIpc) is 2.51. The van der Waals surface area contributed by atoms with E-state index in [9.17, 15) is 4.79 Å². The summed E-state index contributed by atoms with van der Waals surface area (Å²) >= 11 is 3.43. The van der Waals surface area contributed by atoms with E-state index in [2.05, 4.69) is 27.8 Å². The summed E-state index contributed by atoms with van der Waals surface area (Å²) in [5.74, 6) is 1.49. The second-order valence-electron chi connectivity index (χ2n) is 5.10. The fraction of sp³-hybridized carbons (Fsp3) is 0.429. The molecule has 1 aliphatic rings. The minimum Gasteiger partial charge on any atom is -0.296 e. The number of nitrogens with zero attached hydrogens (tertiary/aromatic N) is 2. The highest BCUT2D eigenvalue weighted by Gasteiger charge is 2.17. The zero-order chi connectivity index (χ0) is 12.7. The number of aryl methyl sites for hydroxylation is 1. The number of fused-ring (bicyclic) bond motifs is 2. The number of hydrogen-bond donors (Lipinski definition) is 0. The molecule has 2 aromatic rings. The maximum Gasteiger partial charge on any atom is 0.261 e. The predicted molar refractivity (Wildman–Crippen MR) is 75.8 cm³/mol. The van der Waals surface area contributed by atoms with Crippen LogP contribution < -0.4 is 5.56 Å². The first-order valence-electron chi connectivity index (χ1n) is 6.34. The van der Waals surface area contributed by atoms with E-state index >= 15 is 0 Å². The van der Waals surface area contributed by atoms with Crippen molar-refractivity contribution in [2.75, 3.05) is 0 Å². The molecule has 0 spiro atoms. The summed E-state index contributed by atoms with van der Waals surface area (Å²) in [6, 6.07) is 5.68. The van der Waals surface area contributed by atoms with Gasteiger partial charge in [0.1, 0.15) is 5.82 Å². The van der Waals surface area contributed by atoms with Crippen LogP contribution in [-0.4, -0.2) is 9.55 Å². The maximum absolute atomic E-state index is 12.5. The van der Waals surface area contributed by atoms with E-state index < -0.39 is 0 Å². The Kier molecular flexibility index (Phi) is 2.98. The summed E-state index contributed by atoms with van der Waals surface area (Å²) in [6.07, 6.45) is 3.19. The van der Waals surface area contributed by atoms with Crippen LogP contribution in [0.3, 0.4) is 0 Å². The molecular formula is C14H15BrN2O. The van der Waals surface area contributed by atoms with Crippen LogP contribution in [0.15, 0.2) is 27.5 Å². The van der Waals surface area contributed by atoms with Crippen molar-refractivity contribution >= 4 is 26.8 Å². The van der Waals surface area contributed by atoms with Gasteiger partial charge in [0.25, 0.3) is 5.56 Å². The molecule has 1 aliphatic heterocycles. The lowest BCUT2D eigenvalue weighted by molar-refractivity contribution is 0.457. The molecule has 0 saturated carbocycles. The molecule has 18 heavy (non-hydrogen) atoms. The lowest BCUT2D eigenvalue weighted by atomic mass is 10.1. The Morgan fingerprint density at radius 2 is 2.28 bits per heavy atom. The molecule has 0 saturated heterocycles.